The van der Waals surface area contributed by atoms with Crippen LogP contribution in [0, 0.1) is 0 Å². The van der Waals surface area contributed by atoms with E-state index in [1.807, 2.05) is 0 Å². The van der Waals surface area contributed by atoms with Gasteiger partial charge in [0.2, 0.25) is 0 Å². The van der Waals surface area contributed by atoms with E-state index in [2.05, 4.69) is 28.6 Å². The van der Waals surface area contributed by atoms with Crippen LogP contribution in [0.3, 0.4) is 0 Å². The maximum atomic E-state index is 12.4. The molecule has 0 radical (unpaired) electrons. The fourth-order valence-corrected chi connectivity index (χ4v) is 4.06. The van der Waals surface area contributed by atoms with Crippen LogP contribution in [0.5, 0.6) is 0 Å². The lowest BCUT2D eigenvalue weighted by atomic mass is 10.1. The Hall–Kier alpha value is -2.15. The zero-order valence-corrected chi connectivity index (χ0v) is 15.1. The highest BCUT2D eigenvalue weighted by Gasteiger charge is 2.35. The minimum absolute atomic E-state index is 0.201. The van der Waals surface area contributed by atoms with Crippen molar-refractivity contribution < 1.29 is 9.59 Å². The Labute approximate surface area is 150 Å². The number of hydrogen-bond donors (Lipinski definition) is 0. The van der Waals surface area contributed by atoms with Crippen molar-refractivity contribution in [3.8, 4) is 0 Å². The van der Waals surface area contributed by atoms with Gasteiger partial charge in [-0.05, 0) is 25.0 Å². The molecule has 0 unspecified atom stereocenters. The first kappa shape index (κ1) is 16.3. The molecule has 0 bridgehead atoms. The predicted octanol–water partition coefficient (Wildman–Crippen LogP) is 3.12. The molecule has 25 heavy (non-hydrogen) atoms. The molecule has 1 aromatic carbocycles. The van der Waals surface area contributed by atoms with Crippen molar-refractivity contribution in [1.29, 1.82) is 0 Å². The summed E-state index contributed by atoms with van der Waals surface area (Å²) in [7, 11) is 0. The second-order valence-electron chi connectivity index (χ2n) is 6.75. The van der Waals surface area contributed by atoms with E-state index in [1.165, 1.54) is 17.7 Å². The molecule has 2 heterocycles. The molecule has 2 amide bonds. The van der Waals surface area contributed by atoms with Crippen LogP contribution in [0.1, 0.15) is 65.2 Å². The van der Waals surface area contributed by atoms with E-state index >= 15 is 0 Å². The van der Waals surface area contributed by atoms with E-state index in [-0.39, 0.29) is 11.8 Å². The molecule has 2 aromatic rings. The van der Waals surface area contributed by atoms with Crippen molar-refractivity contribution in [2.24, 2.45) is 0 Å². The van der Waals surface area contributed by atoms with Gasteiger partial charge in [0.05, 0.1) is 11.1 Å². The first-order valence-electron chi connectivity index (χ1n) is 8.60. The molecule has 1 aliphatic carbocycles. The van der Waals surface area contributed by atoms with Crippen molar-refractivity contribution in [2.45, 2.75) is 43.8 Å². The molecule has 6 nitrogen and oxygen atoms in total. The number of carbonyl (C=O) groups excluding carboxylic acids is 2. The second kappa shape index (κ2) is 6.29. The van der Waals surface area contributed by atoms with Crippen LogP contribution < -0.4 is 0 Å². The van der Waals surface area contributed by atoms with E-state index in [9.17, 15) is 9.59 Å². The zero-order valence-electron chi connectivity index (χ0n) is 14.3. The molecule has 0 N–H and O–H groups in total. The van der Waals surface area contributed by atoms with Crippen molar-refractivity contribution >= 4 is 23.6 Å². The maximum absolute atomic E-state index is 12.4. The summed E-state index contributed by atoms with van der Waals surface area (Å²) in [5.74, 6) is 1.57. The normalized spacial score (nSPS) is 16.8. The summed E-state index contributed by atoms with van der Waals surface area (Å²) in [6, 6.07) is 7.50. The van der Waals surface area contributed by atoms with Gasteiger partial charge in [-0.25, -0.2) is 0 Å². The fourth-order valence-electron chi connectivity index (χ4n) is 3.13. The average molecular weight is 356 g/mol. The lowest BCUT2D eigenvalue weighted by molar-refractivity contribution is 0.0664. The molecular weight excluding hydrogens is 336 g/mol. The first-order valence-corrected chi connectivity index (χ1v) is 9.59. The lowest BCUT2D eigenvalue weighted by Gasteiger charge is -2.14. The number of amides is 2. The number of imide groups is 1. The van der Waals surface area contributed by atoms with Crippen molar-refractivity contribution in [3.05, 3.63) is 41.2 Å². The van der Waals surface area contributed by atoms with Crippen molar-refractivity contribution in [2.75, 3.05) is 12.3 Å². The largest absolute Gasteiger partial charge is 0.303 e. The molecule has 1 aliphatic heterocycles. The Morgan fingerprint density at radius 1 is 1.12 bits per heavy atom. The maximum Gasteiger partial charge on any atom is 0.261 e. The molecule has 7 heteroatoms. The fraction of sp³-hybridized carbons (Fsp3) is 0.444. The highest BCUT2D eigenvalue weighted by atomic mass is 32.2. The number of fused-ring (bicyclic) bond motifs is 1. The number of thioether (sulfide) groups is 1. The molecule has 0 saturated heterocycles. The van der Waals surface area contributed by atoms with Gasteiger partial charge in [0, 0.05) is 24.3 Å². The number of rotatable bonds is 6. The second-order valence-corrected chi connectivity index (χ2v) is 7.81. The Kier molecular flexibility index (Phi) is 4.11. The van der Waals surface area contributed by atoms with Crippen LogP contribution in [0.4, 0.5) is 0 Å². The van der Waals surface area contributed by atoms with Crippen molar-refractivity contribution in [1.82, 2.24) is 19.7 Å². The lowest BCUT2D eigenvalue weighted by Crippen LogP contribution is -2.31. The third kappa shape index (κ3) is 2.86. The van der Waals surface area contributed by atoms with Gasteiger partial charge in [0.15, 0.2) is 5.16 Å². The van der Waals surface area contributed by atoms with Crippen molar-refractivity contribution in [3.63, 3.8) is 0 Å². The van der Waals surface area contributed by atoms with Gasteiger partial charge in [-0.1, -0.05) is 37.7 Å². The Balaban J connectivity index is 1.44. The zero-order chi connectivity index (χ0) is 17.6. The summed E-state index contributed by atoms with van der Waals surface area (Å²) in [5, 5.41) is 9.55. The predicted molar refractivity (Wildman–Crippen MR) is 94.9 cm³/mol. The average Bonchev–Trinajstić information content (AvgIpc) is 3.31. The van der Waals surface area contributed by atoms with E-state index in [4.69, 9.17) is 0 Å². The number of hydrogen-bond acceptors (Lipinski definition) is 5. The molecule has 0 atom stereocenters. The number of aromatic nitrogens is 3. The number of benzene rings is 1. The van der Waals surface area contributed by atoms with E-state index in [1.54, 1.807) is 36.0 Å². The molecule has 130 valence electrons. The van der Waals surface area contributed by atoms with Crippen LogP contribution in [0.25, 0.3) is 0 Å². The van der Waals surface area contributed by atoms with Gasteiger partial charge >= 0.3 is 0 Å². The summed E-state index contributed by atoms with van der Waals surface area (Å²) >= 11 is 1.57. The van der Waals surface area contributed by atoms with E-state index in [0.717, 1.165) is 11.0 Å². The van der Waals surface area contributed by atoms with Crippen LogP contribution in [-0.4, -0.2) is 43.8 Å². The summed E-state index contributed by atoms with van der Waals surface area (Å²) in [5.41, 5.74) is 1.00. The van der Waals surface area contributed by atoms with Crippen LogP contribution in [0.2, 0.25) is 0 Å². The van der Waals surface area contributed by atoms with Gasteiger partial charge in [-0.3, -0.25) is 14.5 Å². The van der Waals surface area contributed by atoms with Crippen LogP contribution in [0.15, 0.2) is 29.4 Å². The Bertz CT molecular complexity index is 806. The summed E-state index contributed by atoms with van der Waals surface area (Å²) in [6.45, 7) is 4.62. The SMILES string of the molecule is CC(C)c1nnc(SCCN2C(=O)c3ccccc3C2=O)n1C1CC1. The monoisotopic (exact) mass is 356 g/mol. The quantitative estimate of drug-likeness (QED) is 0.587. The summed E-state index contributed by atoms with van der Waals surface area (Å²) < 4.78 is 2.23. The van der Waals surface area contributed by atoms with Crippen LogP contribution >= 0.6 is 11.8 Å². The number of carbonyl (C=O) groups is 2. The highest BCUT2D eigenvalue weighted by molar-refractivity contribution is 7.99. The summed E-state index contributed by atoms with van der Waals surface area (Å²) in [6.07, 6.45) is 2.34. The highest BCUT2D eigenvalue weighted by Crippen LogP contribution is 2.40. The number of nitrogens with zero attached hydrogens (tertiary/aromatic N) is 4. The van der Waals surface area contributed by atoms with Crippen LogP contribution in [-0.2, 0) is 0 Å². The molecule has 1 aromatic heterocycles. The first-order chi connectivity index (χ1) is 12.1. The van der Waals surface area contributed by atoms with Gasteiger partial charge in [-0.2, -0.15) is 0 Å². The molecule has 1 fully saturated rings. The third-order valence-electron chi connectivity index (χ3n) is 4.54. The van der Waals surface area contributed by atoms with E-state index < -0.39 is 0 Å². The molecule has 2 aliphatic rings. The molecule has 4 rings (SSSR count). The minimum Gasteiger partial charge on any atom is -0.303 e. The molecule has 0 spiro atoms. The molecule has 1 saturated carbocycles. The summed E-state index contributed by atoms with van der Waals surface area (Å²) in [4.78, 5) is 26.1. The van der Waals surface area contributed by atoms with Gasteiger partial charge in [0.25, 0.3) is 11.8 Å². The Morgan fingerprint density at radius 2 is 1.76 bits per heavy atom. The van der Waals surface area contributed by atoms with Gasteiger partial charge < -0.3 is 4.57 Å². The standard InChI is InChI=1S/C18H20N4O2S/c1-11(2)15-19-20-18(22(15)12-7-8-12)25-10-9-21-16(23)13-5-3-4-6-14(13)17(21)24/h3-6,11-12H,7-10H2,1-2H3. The van der Waals surface area contributed by atoms with E-state index in [0.29, 0.717) is 35.4 Å². The minimum atomic E-state index is -0.201. The topological polar surface area (TPSA) is 68.1 Å². The third-order valence-corrected chi connectivity index (χ3v) is 5.47. The Morgan fingerprint density at radius 3 is 2.32 bits per heavy atom. The molecular formula is C18H20N4O2S. The van der Waals surface area contributed by atoms with Gasteiger partial charge in [0.1, 0.15) is 5.82 Å². The smallest absolute Gasteiger partial charge is 0.261 e. The van der Waals surface area contributed by atoms with Gasteiger partial charge in [-0.15, -0.1) is 10.2 Å².